The summed E-state index contributed by atoms with van der Waals surface area (Å²) in [6.07, 6.45) is 0. The fourth-order valence-electron chi connectivity index (χ4n) is 2.66. The van der Waals surface area contributed by atoms with Crippen LogP contribution in [0.4, 0.5) is 17.5 Å². The fourth-order valence-corrected chi connectivity index (χ4v) is 2.66. The number of para-hydroxylation sites is 1. The first kappa shape index (κ1) is 19.4. The predicted molar refractivity (Wildman–Crippen MR) is 112 cm³/mol. The van der Waals surface area contributed by atoms with Gasteiger partial charge in [0.05, 0.1) is 24.1 Å². The number of esters is 1. The van der Waals surface area contributed by atoms with Gasteiger partial charge in [-0.2, -0.15) is 4.98 Å². The maximum atomic E-state index is 12.0. The highest BCUT2D eigenvalue weighted by molar-refractivity contribution is 5.96. The van der Waals surface area contributed by atoms with E-state index in [2.05, 4.69) is 34.4 Å². The molecule has 0 saturated carbocycles. The number of methoxy groups -OCH3 is 1. The van der Waals surface area contributed by atoms with Crippen LogP contribution in [-0.2, 0) is 4.74 Å². The molecule has 1 aromatic heterocycles. The largest absolute Gasteiger partial charge is 0.465 e. The van der Waals surface area contributed by atoms with Crippen LogP contribution < -0.4 is 10.6 Å². The van der Waals surface area contributed by atoms with Crippen molar-refractivity contribution in [1.82, 2.24) is 9.97 Å². The molecule has 6 heteroatoms. The highest BCUT2D eigenvalue weighted by Gasteiger charge is 2.13. The van der Waals surface area contributed by atoms with Crippen LogP contribution in [0.25, 0.3) is 11.3 Å². The third-order valence-corrected chi connectivity index (χ3v) is 4.06. The summed E-state index contributed by atoms with van der Waals surface area (Å²) in [5.74, 6) is 1.18. The molecule has 0 aliphatic rings. The van der Waals surface area contributed by atoms with Gasteiger partial charge in [0.1, 0.15) is 5.82 Å². The molecule has 0 saturated heterocycles. The summed E-state index contributed by atoms with van der Waals surface area (Å²) in [7, 11) is 1.37. The minimum absolute atomic E-state index is 0.404. The summed E-state index contributed by atoms with van der Waals surface area (Å²) < 4.78 is 4.87. The number of nitrogens with zero attached hydrogens (tertiary/aromatic N) is 2. The van der Waals surface area contributed by atoms with Gasteiger partial charge in [0.15, 0.2) is 0 Å². The third kappa shape index (κ3) is 4.85. The van der Waals surface area contributed by atoms with Crippen molar-refractivity contribution in [2.45, 2.75) is 13.8 Å². The number of anilines is 3. The Morgan fingerprint density at radius 1 is 1.04 bits per heavy atom. The van der Waals surface area contributed by atoms with Gasteiger partial charge in [-0.15, -0.1) is 0 Å². The van der Waals surface area contributed by atoms with E-state index in [1.807, 2.05) is 48.5 Å². The average molecular weight is 376 g/mol. The second-order valence-corrected chi connectivity index (χ2v) is 6.76. The highest BCUT2D eigenvalue weighted by atomic mass is 16.5. The SMILES string of the molecule is COC(=O)c1ccccc1Nc1cc(-c2ccccc2)nc(NCC(C)C)n1. The zero-order valence-electron chi connectivity index (χ0n) is 16.3. The van der Waals surface area contributed by atoms with Gasteiger partial charge < -0.3 is 15.4 Å². The van der Waals surface area contributed by atoms with Crippen LogP contribution in [0.3, 0.4) is 0 Å². The fraction of sp³-hybridized carbons (Fsp3) is 0.227. The molecule has 0 unspecified atom stereocenters. The van der Waals surface area contributed by atoms with Gasteiger partial charge in [0, 0.05) is 18.2 Å². The van der Waals surface area contributed by atoms with Crippen molar-refractivity contribution in [2.24, 2.45) is 5.92 Å². The van der Waals surface area contributed by atoms with Crippen LogP contribution in [0.15, 0.2) is 60.7 Å². The molecule has 0 fully saturated rings. The number of rotatable bonds is 7. The van der Waals surface area contributed by atoms with E-state index in [0.717, 1.165) is 17.8 Å². The summed E-state index contributed by atoms with van der Waals surface area (Å²) in [6.45, 7) is 5.01. The number of aromatic nitrogens is 2. The zero-order chi connectivity index (χ0) is 19.9. The first-order valence-corrected chi connectivity index (χ1v) is 9.19. The van der Waals surface area contributed by atoms with Gasteiger partial charge in [0.2, 0.25) is 5.95 Å². The molecular formula is C22H24N4O2. The zero-order valence-corrected chi connectivity index (χ0v) is 16.3. The predicted octanol–water partition coefficient (Wildman–Crippen LogP) is 4.74. The molecule has 0 radical (unpaired) electrons. The molecule has 2 N–H and O–H groups in total. The Labute approximate surface area is 165 Å². The van der Waals surface area contributed by atoms with Crippen LogP contribution in [0, 0.1) is 5.92 Å². The molecule has 3 aromatic rings. The standard InChI is InChI=1S/C22H24N4O2/c1-15(2)14-23-22-25-19(16-9-5-4-6-10-16)13-20(26-22)24-18-12-8-7-11-17(18)21(27)28-3/h4-13,15H,14H2,1-3H3,(H2,23,24,25,26). The molecule has 0 amide bonds. The lowest BCUT2D eigenvalue weighted by Crippen LogP contribution is -2.12. The Balaban J connectivity index is 1.98. The van der Waals surface area contributed by atoms with Gasteiger partial charge >= 0.3 is 5.97 Å². The topological polar surface area (TPSA) is 76.1 Å². The monoisotopic (exact) mass is 376 g/mol. The van der Waals surface area contributed by atoms with Crippen LogP contribution in [-0.4, -0.2) is 29.6 Å². The minimum atomic E-state index is -0.404. The molecule has 6 nitrogen and oxygen atoms in total. The molecule has 2 aromatic carbocycles. The number of carbonyl (C=O) groups is 1. The second-order valence-electron chi connectivity index (χ2n) is 6.76. The van der Waals surface area contributed by atoms with Crippen molar-refractivity contribution in [3.8, 4) is 11.3 Å². The molecule has 0 atom stereocenters. The number of carbonyl (C=O) groups excluding carboxylic acids is 1. The summed E-state index contributed by atoms with van der Waals surface area (Å²) >= 11 is 0. The Morgan fingerprint density at radius 3 is 2.46 bits per heavy atom. The number of hydrogen-bond acceptors (Lipinski definition) is 6. The van der Waals surface area contributed by atoms with Crippen molar-refractivity contribution in [2.75, 3.05) is 24.3 Å². The number of benzene rings is 2. The van der Waals surface area contributed by atoms with Gasteiger partial charge in [-0.25, -0.2) is 9.78 Å². The first-order chi connectivity index (χ1) is 13.6. The summed E-state index contributed by atoms with van der Waals surface area (Å²) in [5, 5.41) is 6.51. The van der Waals surface area contributed by atoms with Crippen molar-refractivity contribution < 1.29 is 9.53 Å². The van der Waals surface area contributed by atoms with E-state index in [9.17, 15) is 4.79 Å². The van der Waals surface area contributed by atoms with E-state index in [1.54, 1.807) is 12.1 Å². The van der Waals surface area contributed by atoms with Crippen LogP contribution in [0.2, 0.25) is 0 Å². The first-order valence-electron chi connectivity index (χ1n) is 9.19. The highest BCUT2D eigenvalue weighted by Crippen LogP contribution is 2.25. The average Bonchev–Trinajstić information content (AvgIpc) is 2.72. The molecule has 1 heterocycles. The smallest absolute Gasteiger partial charge is 0.339 e. The van der Waals surface area contributed by atoms with Crippen molar-refractivity contribution in [3.63, 3.8) is 0 Å². The molecule has 0 aliphatic heterocycles. The van der Waals surface area contributed by atoms with Crippen LogP contribution in [0.1, 0.15) is 24.2 Å². The second kappa shape index (κ2) is 8.99. The molecule has 0 bridgehead atoms. The Kier molecular flexibility index (Phi) is 6.22. The van der Waals surface area contributed by atoms with Crippen molar-refractivity contribution in [3.05, 3.63) is 66.2 Å². The molecule has 0 aliphatic carbocycles. The minimum Gasteiger partial charge on any atom is -0.465 e. The van der Waals surface area contributed by atoms with Gasteiger partial charge in [-0.3, -0.25) is 0 Å². The quantitative estimate of drug-likeness (QED) is 0.580. The number of nitrogens with one attached hydrogen (secondary N) is 2. The van der Waals surface area contributed by atoms with Crippen LogP contribution in [0.5, 0.6) is 0 Å². The van der Waals surface area contributed by atoms with Gasteiger partial charge in [-0.1, -0.05) is 56.3 Å². The normalized spacial score (nSPS) is 10.6. The summed E-state index contributed by atoms with van der Waals surface area (Å²) in [4.78, 5) is 21.3. The maximum Gasteiger partial charge on any atom is 0.339 e. The lowest BCUT2D eigenvalue weighted by atomic mass is 10.1. The summed E-state index contributed by atoms with van der Waals surface area (Å²) in [6, 6.07) is 19.0. The number of ether oxygens (including phenoxy) is 1. The lowest BCUT2D eigenvalue weighted by molar-refractivity contribution is 0.0602. The van der Waals surface area contributed by atoms with E-state index in [4.69, 9.17) is 4.74 Å². The van der Waals surface area contributed by atoms with Crippen molar-refractivity contribution in [1.29, 1.82) is 0 Å². The molecule has 0 spiro atoms. The van der Waals surface area contributed by atoms with Crippen molar-refractivity contribution >= 4 is 23.4 Å². The summed E-state index contributed by atoms with van der Waals surface area (Å²) in [5.41, 5.74) is 2.85. The Bertz CT molecular complexity index is 942. The number of hydrogen-bond donors (Lipinski definition) is 2. The Hall–Kier alpha value is -3.41. The van der Waals surface area contributed by atoms with E-state index in [1.165, 1.54) is 7.11 Å². The van der Waals surface area contributed by atoms with Gasteiger partial charge in [-0.05, 0) is 18.1 Å². The molecule has 3 rings (SSSR count). The van der Waals surface area contributed by atoms with Crippen LogP contribution >= 0.6 is 0 Å². The van der Waals surface area contributed by atoms with E-state index >= 15 is 0 Å². The third-order valence-electron chi connectivity index (χ3n) is 4.06. The van der Waals surface area contributed by atoms with E-state index in [0.29, 0.717) is 28.9 Å². The lowest BCUT2D eigenvalue weighted by Gasteiger charge is -2.14. The Morgan fingerprint density at radius 2 is 1.75 bits per heavy atom. The molecule has 28 heavy (non-hydrogen) atoms. The maximum absolute atomic E-state index is 12.0. The molecular weight excluding hydrogens is 352 g/mol. The van der Waals surface area contributed by atoms with E-state index in [-0.39, 0.29) is 0 Å². The van der Waals surface area contributed by atoms with Gasteiger partial charge in [0.25, 0.3) is 0 Å². The van der Waals surface area contributed by atoms with E-state index < -0.39 is 5.97 Å². The molecule has 144 valence electrons.